The molecule has 3 rings (SSSR count). The van der Waals surface area contributed by atoms with Crippen LogP contribution in [-0.4, -0.2) is 73.6 Å². The van der Waals surface area contributed by atoms with Crippen LogP contribution in [0.15, 0.2) is 24.3 Å². The first-order valence-electron chi connectivity index (χ1n) is 9.01. The van der Waals surface area contributed by atoms with Crippen molar-refractivity contribution >= 4 is 11.9 Å². The molecule has 1 aromatic rings. The largest absolute Gasteiger partial charge is 0.372 e. The van der Waals surface area contributed by atoms with E-state index in [4.69, 9.17) is 4.74 Å². The van der Waals surface area contributed by atoms with Gasteiger partial charge in [-0.25, -0.2) is 9.18 Å². The lowest BCUT2D eigenvalue weighted by atomic mass is 9.89. The first kappa shape index (κ1) is 18.6. The van der Waals surface area contributed by atoms with Crippen molar-refractivity contribution < 1.29 is 18.7 Å². The Morgan fingerprint density at radius 1 is 1.27 bits per heavy atom. The molecule has 0 N–H and O–H groups in total. The number of rotatable bonds is 4. The van der Waals surface area contributed by atoms with E-state index in [1.807, 2.05) is 22.8 Å². The summed E-state index contributed by atoms with van der Waals surface area (Å²) < 4.78 is 19.0. The topological polar surface area (TPSA) is 53.1 Å². The Bertz CT molecular complexity index is 682. The van der Waals surface area contributed by atoms with Crippen molar-refractivity contribution in [2.24, 2.45) is 11.8 Å². The number of carbonyl (C=O) groups is 2. The van der Waals surface area contributed by atoms with Crippen LogP contribution in [0.2, 0.25) is 0 Å². The average Bonchev–Trinajstić information content (AvgIpc) is 3.16. The zero-order valence-electron chi connectivity index (χ0n) is 15.5. The number of halogens is 1. The van der Waals surface area contributed by atoms with Crippen molar-refractivity contribution in [1.82, 2.24) is 14.7 Å². The first-order valence-corrected chi connectivity index (χ1v) is 9.01. The van der Waals surface area contributed by atoms with Crippen molar-refractivity contribution in [2.75, 3.05) is 46.9 Å². The van der Waals surface area contributed by atoms with Gasteiger partial charge in [0.1, 0.15) is 12.4 Å². The molecule has 3 atom stereocenters. The number of likely N-dealkylation sites (tertiary alicyclic amines) is 2. The SMILES string of the molecule is CCOCC(=O)N1C[C@@H]2CN(C(=O)N(C)C)[C@H](c3cccc(F)c3)[C@@H]2C1. The molecule has 0 saturated carbocycles. The number of benzene rings is 1. The van der Waals surface area contributed by atoms with Crippen LogP contribution in [0.25, 0.3) is 0 Å². The standard InChI is InChI=1S/C19H26FN3O3/c1-4-26-12-17(24)22-9-14-10-23(19(25)21(2)3)18(16(14)11-22)13-6-5-7-15(20)8-13/h5-8,14,16,18H,4,9-12H2,1-3H3/t14-,16-,18-/m1/s1. The third-order valence-electron chi connectivity index (χ3n) is 5.26. The number of fused-ring (bicyclic) bond motifs is 1. The van der Waals surface area contributed by atoms with E-state index in [-0.39, 0.29) is 42.2 Å². The Morgan fingerprint density at radius 3 is 2.69 bits per heavy atom. The molecule has 26 heavy (non-hydrogen) atoms. The van der Waals surface area contributed by atoms with Crippen molar-refractivity contribution in [1.29, 1.82) is 0 Å². The number of nitrogens with zero attached hydrogens (tertiary/aromatic N) is 3. The molecule has 142 valence electrons. The van der Waals surface area contributed by atoms with E-state index in [2.05, 4.69) is 0 Å². The third-order valence-corrected chi connectivity index (χ3v) is 5.26. The zero-order chi connectivity index (χ0) is 18.8. The maximum atomic E-state index is 13.8. The summed E-state index contributed by atoms with van der Waals surface area (Å²) in [6, 6.07) is 6.12. The summed E-state index contributed by atoms with van der Waals surface area (Å²) in [6.07, 6.45) is 0. The molecule has 2 heterocycles. The number of carbonyl (C=O) groups excluding carboxylic acids is 2. The van der Waals surface area contributed by atoms with Gasteiger partial charge in [-0.2, -0.15) is 0 Å². The van der Waals surface area contributed by atoms with Crippen LogP contribution in [0.5, 0.6) is 0 Å². The minimum Gasteiger partial charge on any atom is -0.372 e. The number of hydrogen-bond donors (Lipinski definition) is 0. The highest BCUT2D eigenvalue weighted by molar-refractivity contribution is 5.78. The Balaban J connectivity index is 1.84. The smallest absolute Gasteiger partial charge is 0.320 e. The highest BCUT2D eigenvalue weighted by Crippen LogP contribution is 2.45. The first-order chi connectivity index (χ1) is 12.4. The average molecular weight is 363 g/mol. The van der Waals surface area contributed by atoms with Gasteiger partial charge in [0.25, 0.3) is 0 Å². The summed E-state index contributed by atoms with van der Waals surface area (Å²) in [5, 5.41) is 0. The Labute approximate surface area is 153 Å². The second kappa shape index (κ2) is 7.61. The minimum atomic E-state index is -0.314. The molecular formula is C19H26FN3O3. The lowest BCUT2D eigenvalue weighted by Gasteiger charge is -2.31. The predicted molar refractivity (Wildman–Crippen MR) is 95.0 cm³/mol. The van der Waals surface area contributed by atoms with Crippen LogP contribution in [0, 0.1) is 17.7 Å². The number of amides is 3. The molecule has 1 aromatic carbocycles. The summed E-state index contributed by atoms with van der Waals surface area (Å²) in [6.45, 7) is 4.19. The second-order valence-electron chi connectivity index (χ2n) is 7.19. The monoisotopic (exact) mass is 363 g/mol. The Morgan fingerprint density at radius 2 is 2.04 bits per heavy atom. The van der Waals surface area contributed by atoms with Gasteiger partial charge in [0, 0.05) is 52.2 Å². The maximum Gasteiger partial charge on any atom is 0.320 e. The third kappa shape index (κ3) is 3.53. The molecular weight excluding hydrogens is 337 g/mol. The predicted octanol–water partition coefficient (Wildman–Crippen LogP) is 1.98. The van der Waals surface area contributed by atoms with Crippen molar-refractivity contribution in [3.63, 3.8) is 0 Å². The molecule has 2 aliphatic rings. The molecule has 0 unspecified atom stereocenters. The molecule has 0 aliphatic carbocycles. The van der Waals surface area contributed by atoms with E-state index in [1.54, 1.807) is 25.1 Å². The Hall–Kier alpha value is -2.15. The highest BCUT2D eigenvalue weighted by atomic mass is 19.1. The van der Waals surface area contributed by atoms with Gasteiger partial charge in [-0.3, -0.25) is 4.79 Å². The molecule has 6 nitrogen and oxygen atoms in total. The van der Waals surface area contributed by atoms with E-state index in [9.17, 15) is 14.0 Å². The maximum absolute atomic E-state index is 13.8. The van der Waals surface area contributed by atoms with Gasteiger partial charge in [-0.05, 0) is 24.6 Å². The van der Waals surface area contributed by atoms with E-state index in [0.29, 0.717) is 26.2 Å². The highest BCUT2D eigenvalue weighted by Gasteiger charge is 2.50. The van der Waals surface area contributed by atoms with Crippen LogP contribution >= 0.6 is 0 Å². The van der Waals surface area contributed by atoms with Crippen LogP contribution < -0.4 is 0 Å². The van der Waals surface area contributed by atoms with E-state index in [1.165, 1.54) is 12.1 Å². The van der Waals surface area contributed by atoms with Gasteiger partial charge in [0.05, 0.1) is 6.04 Å². The summed E-state index contributed by atoms with van der Waals surface area (Å²) in [7, 11) is 3.44. The second-order valence-corrected chi connectivity index (χ2v) is 7.19. The van der Waals surface area contributed by atoms with Gasteiger partial charge in [0.2, 0.25) is 5.91 Å². The van der Waals surface area contributed by atoms with Crippen LogP contribution in [0.4, 0.5) is 9.18 Å². The molecule has 2 fully saturated rings. The van der Waals surface area contributed by atoms with Crippen LogP contribution in [-0.2, 0) is 9.53 Å². The van der Waals surface area contributed by atoms with Crippen LogP contribution in [0.1, 0.15) is 18.5 Å². The molecule has 0 spiro atoms. The fourth-order valence-electron chi connectivity index (χ4n) is 4.10. The van der Waals surface area contributed by atoms with Crippen molar-refractivity contribution in [3.8, 4) is 0 Å². The fourth-order valence-corrected chi connectivity index (χ4v) is 4.10. The summed E-state index contributed by atoms with van der Waals surface area (Å²) >= 11 is 0. The molecule has 0 bridgehead atoms. The van der Waals surface area contributed by atoms with Crippen LogP contribution in [0.3, 0.4) is 0 Å². The molecule has 3 amide bonds. The lowest BCUT2D eigenvalue weighted by Crippen LogP contribution is -2.42. The van der Waals surface area contributed by atoms with Gasteiger partial charge in [-0.1, -0.05) is 12.1 Å². The molecule has 2 saturated heterocycles. The number of urea groups is 1. The summed E-state index contributed by atoms with van der Waals surface area (Å²) in [4.78, 5) is 30.1. The van der Waals surface area contributed by atoms with E-state index >= 15 is 0 Å². The van der Waals surface area contributed by atoms with Crippen molar-refractivity contribution in [2.45, 2.75) is 13.0 Å². The Kier molecular flexibility index (Phi) is 5.46. The van der Waals surface area contributed by atoms with Gasteiger partial charge >= 0.3 is 6.03 Å². The molecule has 2 aliphatic heterocycles. The van der Waals surface area contributed by atoms with Gasteiger partial charge in [0.15, 0.2) is 0 Å². The van der Waals surface area contributed by atoms with Gasteiger partial charge in [-0.15, -0.1) is 0 Å². The summed E-state index contributed by atoms with van der Waals surface area (Å²) in [5.41, 5.74) is 0.784. The quantitative estimate of drug-likeness (QED) is 0.822. The van der Waals surface area contributed by atoms with Crippen molar-refractivity contribution in [3.05, 3.63) is 35.6 Å². The number of hydrogen-bond acceptors (Lipinski definition) is 3. The molecule has 0 radical (unpaired) electrons. The van der Waals surface area contributed by atoms with E-state index in [0.717, 1.165) is 5.56 Å². The normalized spacial score (nSPS) is 24.7. The molecule has 7 heteroatoms. The zero-order valence-corrected chi connectivity index (χ0v) is 15.5. The summed E-state index contributed by atoms with van der Waals surface area (Å²) in [5.74, 6) is -0.0424. The molecule has 0 aromatic heterocycles. The minimum absolute atomic E-state index is 0.0234. The lowest BCUT2D eigenvalue weighted by molar-refractivity contribution is -0.135. The van der Waals surface area contributed by atoms with Gasteiger partial charge < -0.3 is 19.4 Å². The van der Waals surface area contributed by atoms with E-state index < -0.39 is 0 Å². The fraction of sp³-hybridized carbons (Fsp3) is 0.579. The number of ether oxygens (including phenoxy) is 1.